The van der Waals surface area contributed by atoms with E-state index in [2.05, 4.69) is 64.6 Å². The molecule has 1 aliphatic rings. The van der Waals surface area contributed by atoms with E-state index in [4.69, 9.17) is 10.1 Å². The van der Waals surface area contributed by atoms with Crippen LogP contribution in [0.2, 0.25) is 0 Å². The highest BCUT2D eigenvalue weighted by Gasteiger charge is 2.28. The second-order valence-corrected chi connectivity index (χ2v) is 9.23. The first-order chi connectivity index (χ1) is 16.6. The maximum atomic E-state index is 9.68. The van der Waals surface area contributed by atoms with Crippen molar-refractivity contribution < 1.29 is 5.11 Å². The number of hydrogen-bond acceptors (Lipinski definition) is 6. The van der Waals surface area contributed by atoms with Crippen molar-refractivity contribution in [3.8, 4) is 0 Å². The lowest BCUT2D eigenvalue weighted by molar-refractivity contribution is 0.126. The Morgan fingerprint density at radius 2 is 2.00 bits per heavy atom. The number of aryl methyl sites for hydroxylation is 3. The van der Waals surface area contributed by atoms with Crippen LogP contribution in [0.1, 0.15) is 52.3 Å². The molecule has 1 saturated heterocycles. The number of aromatic nitrogens is 5. The maximum Gasteiger partial charge on any atom is 0.159 e. The third-order valence-electron chi connectivity index (χ3n) is 6.79. The molecular formula is C26H33N7O. The third-order valence-corrected chi connectivity index (χ3v) is 6.79. The highest BCUT2D eigenvalue weighted by Crippen LogP contribution is 2.30. The Morgan fingerprint density at radius 1 is 1.18 bits per heavy atom. The topological polar surface area (TPSA) is 94.4 Å². The van der Waals surface area contributed by atoms with Gasteiger partial charge in [0.2, 0.25) is 0 Å². The predicted octanol–water partition coefficient (Wildman–Crippen LogP) is 2.58. The highest BCUT2D eigenvalue weighted by molar-refractivity contribution is 5.54. The molecule has 5 rings (SSSR count). The second-order valence-electron chi connectivity index (χ2n) is 9.23. The first kappa shape index (κ1) is 22.7. The Balaban J connectivity index is 1.45. The monoisotopic (exact) mass is 459 g/mol. The number of piperazine rings is 1. The summed E-state index contributed by atoms with van der Waals surface area (Å²) in [7, 11) is 0. The molecule has 178 valence electrons. The van der Waals surface area contributed by atoms with Crippen LogP contribution in [0.3, 0.4) is 0 Å². The van der Waals surface area contributed by atoms with Crippen LogP contribution in [0.25, 0.3) is 5.65 Å². The maximum absolute atomic E-state index is 9.68. The quantitative estimate of drug-likeness (QED) is 0.393. The third kappa shape index (κ3) is 4.36. The molecule has 34 heavy (non-hydrogen) atoms. The fourth-order valence-electron chi connectivity index (χ4n) is 5.13. The van der Waals surface area contributed by atoms with Gasteiger partial charge in [0, 0.05) is 60.8 Å². The zero-order valence-corrected chi connectivity index (χ0v) is 20.1. The van der Waals surface area contributed by atoms with Gasteiger partial charge < -0.3 is 10.4 Å². The molecule has 8 nitrogen and oxygen atoms in total. The minimum atomic E-state index is 0.0879. The summed E-state index contributed by atoms with van der Waals surface area (Å²) in [5.74, 6) is 0. The van der Waals surface area contributed by atoms with Crippen LogP contribution >= 0.6 is 0 Å². The number of nitrogens with zero attached hydrogens (tertiary/aromatic N) is 5. The van der Waals surface area contributed by atoms with Gasteiger partial charge in [0.25, 0.3) is 0 Å². The Kier molecular flexibility index (Phi) is 6.45. The van der Waals surface area contributed by atoms with Gasteiger partial charge in [-0.15, -0.1) is 0 Å². The predicted molar refractivity (Wildman–Crippen MR) is 132 cm³/mol. The molecule has 1 aliphatic heterocycles. The van der Waals surface area contributed by atoms with Gasteiger partial charge in [-0.05, 0) is 37.5 Å². The van der Waals surface area contributed by atoms with Crippen LogP contribution in [0.15, 0.2) is 42.7 Å². The van der Waals surface area contributed by atoms with Gasteiger partial charge in [-0.1, -0.05) is 31.2 Å². The fraction of sp³-hybridized carbons (Fsp3) is 0.423. The van der Waals surface area contributed by atoms with Gasteiger partial charge in [0.05, 0.1) is 24.5 Å². The molecule has 4 aromatic rings. The SMILES string of the molecule is CCc1nn2c(C)cc(C)nc2c1Cc1ccc(C(c2cn[nH]c2)N2CCNC(CO)C2)cc1. The van der Waals surface area contributed by atoms with Crippen LogP contribution in [-0.2, 0) is 12.8 Å². The molecule has 0 radical (unpaired) electrons. The summed E-state index contributed by atoms with van der Waals surface area (Å²) in [4.78, 5) is 7.24. The molecule has 0 amide bonds. The van der Waals surface area contributed by atoms with E-state index in [-0.39, 0.29) is 18.7 Å². The molecule has 1 fully saturated rings. The molecule has 0 aliphatic carbocycles. The largest absolute Gasteiger partial charge is 0.395 e. The van der Waals surface area contributed by atoms with Crippen molar-refractivity contribution in [2.45, 2.75) is 45.7 Å². The summed E-state index contributed by atoms with van der Waals surface area (Å²) >= 11 is 0. The molecule has 0 saturated carbocycles. The first-order valence-corrected chi connectivity index (χ1v) is 12.1. The van der Waals surface area contributed by atoms with Gasteiger partial charge in [0.15, 0.2) is 5.65 Å². The normalized spacial score (nSPS) is 17.9. The minimum absolute atomic E-state index is 0.0879. The molecular weight excluding hydrogens is 426 g/mol. The number of aliphatic hydroxyl groups excluding tert-OH is 1. The number of H-pyrrole nitrogens is 1. The number of nitrogens with one attached hydrogen (secondary N) is 2. The zero-order valence-electron chi connectivity index (χ0n) is 20.1. The molecule has 1 aromatic carbocycles. The molecule has 0 bridgehead atoms. The first-order valence-electron chi connectivity index (χ1n) is 12.1. The minimum Gasteiger partial charge on any atom is -0.395 e. The van der Waals surface area contributed by atoms with Gasteiger partial charge >= 0.3 is 0 Å². The van der Waals surface area contributed by atoms with E-state index in [9.17, 15) is 5.11 Å². The second kappa shape index (κ2) is 9.66. The Bertz CT molecular complexity index is 1250. The van der Waals surface area contributed by atoms with E-state index < -0.39 is 0 Å². The van der Waals surface area contributed by atoms with E-state index in [1.54, 1.807) is 0 Å². The summed E-state index contributed by atoms with van der Waals surface area (Å²) in [6, 6.07) is 11.2. The van der Waals surface area contributed by atoms with Crippen LogP contribution in [-0.4, -0.2) is 67.1 Å². The van der Waals surface area contributed by atoms with Gasteiger partial charge in [0.1, 0.15) is 0 Å². The van der Waals surface area contributed by atoms with E-state index in [0.29, 0.717) is 0 Å². The lowest BCUT2D eigenvalue weighted by Crippen LogP contribution is -2.53. The number of rotatable bonds is 7. The molecule has 4 heterocycles. The number of benzene rings is 1. The zero-order chi connectivity index (χ0) is 23.7. The Morgan fingerprint density at radius 3 is 2.71 bits per heavy atom. The van der Waals surface area contributed by atoms with E-state index in [1.807, 2.05) is 23.8 Å². The van der Waals surface area contributed by atoms with Crippen molar-refractivity contribution in [1.82, 2.24) is 35.0 Å². The van der Waals surface area contributed by atoms with Crippen LogP contribution in [0.4, 0.5) is 0 Å². The molecule has 2 unspecified atom stereocenters. The standard InChI is InChI=1S/C26H33N7O/c1-4-24-23(26-30-17(2)11-18(3)33(26)31-24)12-19-5-7-20(8-6-19)25(21-13-28-29-14-21)32-10-9-27-22(15-32)16-34/h5-8,11,13-14,22,25,27,34H,4,9-10,12,15-16H2,1-3H3,(H,28,29). The summed E-state index contributed by atoms with van der Waals surface area (Å²) in [5, 5.41) is 25.1. The smallest absolute Gasteiger partial charge is 0.159 e. The van der Waals surface area contributed by atoms with Crippen molar-refractivity contribution >= 4 is 5.65 Å². The fourth-order valence-corrected chi connectivity index (χ4v) is 5.13. The molecule has 2 atom stereocenters. The molecule has 3 N–H and O–H groups in total. The highest BCUT2D eigenvalue weighted by atomic mass is 16.3. The van der Waals surface area contributed by atoms with Gasteiger partial charge in [-0.2, -0.15) is 10.2 Å². The lowest BCUT2D eigenvalue weighted by atomic mass is 9.95. The number of aromatic amines is 1. The van der Waals surface area contributed by atoms with Crippen LogP contribution in [0.5, 0.6) is 0 Å². The molecule has 3 aromatic heterocycles. The summed E-state index contributed by atoms with van der Waals surface area (Å²) < 4.78 is 1.98. The number of aliphatic hydroxyl groups is 1. The molecule has 8 heteroatoms. The Hall–Kier alpha value is -3.07. The van der Waals surface area contributed by atoms with E-state index in [0.717, 1.165) is 60.8 Å². The van der Waals surface area contributed by atoms with E-state index >= 15 is 0 Å². The van der Waals surface area contributed by atoms with Crippen LogP contribution in [0, 0.1) is 13.8 Å². The van der Waals surface area contributed by atoms with Crippen molar-refractivity contribution in [3.05, 3.63) is 82.1 Å². The number of fused-ring (bicyclic) bond motifs is 1. The van der Waals surface area contributed by atoms with Crippen LogP contribution < -0.4 is 5.32 Å². The number of hydrogen-bond donors (Lipinski definition) is 3. The van der Waals surface area contributed by atoms with Crippen molar-refractivity contribution in [1.29, 1.82) is 0 Å². The lowest BCUT2D eigenvalue weighted by Gasteiger charge is -2.38. The van der Waals surface area contributed by atoms with Crippen molar-refractivity contribution in [2.75, 3.05) is 26.2 Å². The summed E-state index contributed by atoms with van der Waals surface area (Å²) in [6.07, 6.45) is 5.56. The summed E-state index contributed by atoms with van der Waals surface area (Å²) in [5.41, 5.74) is 9.02. The summed E-state index contributed by atoms with van der Waals surface area (Å²) in [6.45, 7) is 8.98. The molecule has 0 spiro atoms. The average molecular weight is 460 g/mol. The van der Waals surface area contributed by atoms with E-state index in [1.165, 1.54) is 16.7 Å². The van der Waals surface area contributed by atoms with Crippen molar-refractivity contribution in [3.63, 3.8) is 0 Å². The van der Waals surface area contributed by atoms with Crippen molar-refractivity contribution in [2.24, 2.45) is 0 Å². The van der Waals surface area contributed by atoms with Gasteiger partial charge in [-0.3, -0.25) is 10.00 Å². The average Bonchev–Trinajstić information content (AvgIpc) is 3.49. The Labute approximate surface area is 200 Å². The van der Waals surface area contributed by atoms with Gasteiger partial charge in [-0.25, -0.2) is 9.50 Å².